The molecule has 1 amide bonds. The molecule has 2 aromatic heterocycles. The number of carbonyl (C=O) groups excluding carboxylic acids is 1. The Hall–Kier alpha value is -2.47. The molecule has 28 heavy (non-hydrogen) atoms. The average molecular weight is 393 g/mol. The molecule has 2 aliphatic rings. The Balaban J connectivity index is 1.40. The average Bonchev–Trinajstić information content (AvgIpc) is 3.44. The van der Waals surface area contributed by atoms with Crippen LogP contribution in [0.1, 0.15) is 25.7 Å². The number of anilines is 1. The summed E-state index contributed by atoms with van der Waals surface area (Å²) in [6.45, 7) is 3.64. The molecule has 3 aromatic rings. The number of aromatic nitrogens is 2. The molecular weight excluding hydrogens is 368 g/mol. The Morgan fingerprint density at radius 2 is 1.75 bits per heavy atom. The molecule has 2 fully saturated rings. The third-order valence-corrected chi connectivity index (χ3v) is 6.88. The molecule has 0 aliphatic carbocycles. The summed E-state index contributed by atoms with van der Waals surface area (Å²) in [6, 6.07) is 10.4. The molecular formula is C22H24N4OS. The highest BCUT2D eigenvalue weighted by Crippen LogP contribution is 2.38. The summed E-state index contributed by atoms with van der Waals surface area (Å²) < 4.78 is 0. The Morgan fingerprint density at radius 1 is 1.00 bits per heavy atom. The fourth-order valence-electron chi connectivity index (χ4n) is 4.46. The highest BCUT2D eigenvalue weighted by molar-refractivity contribution is 7.17. The van der Waals surface area contributed by atoms with E-state index in [0.717, 1.165) is 67.9 Å². The second kappa shape index (κ2) is 7.51. The minimum atomic E-state index is 0.169. The van der Waals surface area contributed by atoms with E-state index >= 15 is 0 Å². The zero-order valence-electron chi connectivity index (χ0n) is 15.9. The molecule has 5 nitrogen and oxygen atoms in total. The zero-order chi connectivity index (χ0) is 18.9. The van der Waals surface area contributed by atoms with Crippen molar-refractivity contribution in [2.75, 3.05) is 31.1 Å². The Labute approximate surface area is 169 Å². The molecule has 0 atom stereocenters. The van der Waals surface area contributed by atoms with Crippen molar-refractivity contribution in [3.63, 3.8) is 0 Å². The number of benzene rings is 1. The molecule has 2 aliphatic heterocycles. The lowest BCUT2D eigenvalue weighted by atomic mass is 9.95. The van der Waals surface area contributed by atoms with Gasteiger partial charge in [-0.05, 0) is 31.2 Å². The van der Waals surface area contributed by atoms with Crippen LogP contribution < -0.4 is 4.90 Å². The first-order chi connectivity index (χ1) is 13.8. The van der Waals surface area contributed by atoms with Crippen molar-refractivity contribution in [1.29, 1.82) is 0 Å². The molecule has 0 N–H and O–H groups in total. The van der Waals surface area contributed by atoms with Crippen LogP contribution in [-0.2, 0) is 4.79 Å². The quantitative estimate of drug-likeness (QED) is 0.670. The molecule has 0 unspecified atom stereocenters. The van der Waals surface area contributed by atoms with E-state index in [4.69, 9.17) is 0 Å². The molecule has 0 bridgehead atoms. The van der Waals surface area contributed by atoms with Gasteiger partial charge in [-0.1, -0.05) is 30.3 Å². The highest BCUT2D eigenvalue weighted by Gasteiger charge is 2.31. The van der Waals surface area contributed by atoms with Gasteiger partial charge in [0, 0.05) is 43.0 Å². The molecule has 0 saturated carbocycles. The Bertz CT molecular complexity index is 973. The van der Waals surface area contributed by atoms with Crippen LogP contribution in [0.4, 0.5) is 5.82 Å². The molecule has 5 rings (SSSR count). The largest absolute Gasteiger partial charge is 0.356 e. The van der Waals surface area contributed by atoms with Gasteiger partial charge in [-0.3, -0.25) is 4.79 Å². The van der Waals surface area contributed by atoms with Crippen molar-refractivity contribution in [3.8, 4) is 11.1 Å². The molecule has 1 aromatic carbocycles. The van der Waals surface area contributed by atoms with E-state index in [9.17, 15) is 4.79 Å². The Morgan fingerprint density at radius 3 is 2.50 bits per heavy atom. The number of amides is 1. The van der Waals surface area contributed by atoms with Crippen molar-refractivity contribution in [1.82, 2.24) is 14.9 Å². The minimum absolute atomic E-state index is 0.169. The van der Waals surface area contributed by atoms with E-state index in [1.165, 1.54) is 11.1 Å². The number of hydrogen-bond donors (Lipinski definition) is 0. The fraction of sp³-hybridized carbons (Fsp3) is 0.409. The minimum Gasteiger partial charge on any atom is -0.356 e. The smallest absolute Gasteiger partial charge is 0.225 e. The molecule has 6 heteroatoms. The summed E-state index contributed by atoms with van der Waals surface area (Å²) in [5, 5.41) is 3.32. The summed E-state index contributed by atoms with van der Waals surface area (Å²) in [6.07, 6.45) is 5.80. The van der Waals surface area contributed by atoms with E-state index in [1.807, 2.05) is 6.07 Å². The van der Waals surface area contributed by atoms with Crippen molar-refractivity contribution in [2.24, 2.45) is 5.92 Å². The SMILES string of the molecule is O=C(C1CCN(c2ncnc3scc(-c4ccccc4)c23)CC1)N1CCCC1. The number of rotatable bonds is 3. The van der Waals surface area contributed by atoms with Crippen molar-refractivity contribution < 1.29 is 4.79 Å². The van der Waals surface area contributed by atoms with Gasteiger partial charge >= 0.3 is 0 Å². The first kappa shape index (κ1) is 17.6. The molecule has 144 valence electrons. The monoisotopic (exact) mass is 392 g/mol. The fourth-order valence-corrected chi connectivity index (χ4v) is 5.37. The van der Waals surface area contributed by atoms with Crippen molar-refractivity contribution in [3.05, 3.63) is 42.0 Å². The van der Waals surface area contributed by atoms with Crippen LogP contribution in [0.2, 0.25) is 0 Å². The zero-order valence-corrected chi connectivity index (χ0v) is 16.7. The third-order valence-electron chi connectivity index (χ3n) is 6.00. The van der Waals surface area contributed by atoms with E-state index in [-0.39, 0.29) is 5.92 Å². The molecule has 0 radical (unpaired) electrons. The van der Waals surface area contributed by atoms with Crippen LogP contribution in [0.5, 0.6) is 0 Å². The predicted octanol–water partition coefficient (Wildman–Crippen LogP) is 4.20. The van der Waals surface area contributed by atoms with Crippen LogP contribution in [0.15, 0.2) is 42.0 Å². The maximum absolute atomic E-state index is 12.7. The van der Waals surface area contributed by atoms with Gasteiger partial charge in [-0.15, -0.1) is 11.3 Å². The van der Waals surface area contributed by atoms with Crippen LogP contribution in [0.25, 0.3) is 21.3 Å². The van der Waals surface area contributed by atoms with Crippen LogP contribution >= 0.6 is 11.3 Å². The first-order valence-corrected chi connectivity index (χ1v) is 11.0. The van der Waals surface area contributed by atoms with Gasteiger partial charge in [-0.25, -0.2) is 9.97 Å². The van der Waals surface area contributed by atoms with E-state index in [2.05, 4.69) is 49.4 Å². The standard InChI is InChI=1S/C22H24N4OS/c27-22(26-10-4-5-11-26)17-8-12-25(13-9-17)20-19-18(16-6-2-1-3-7-16)14-28-21(19)24-15-23-20/h1-3,6-7,14-15,17H,4-5,8-13H2. The number of nitrogens with zero attached hydrogens (tertiary/aromatic N) is 4. The summed E-state index contributed by atoms with van der Waals surface area (Å²) in [5.41, 5.74) is 2.40. The van der Waals surface area contributed by atoms with Gasteiger partial charge in [0.1, 0.15) is 17.0 Å². The first-order valence-electron chi connectivity index (χ1n) is 10.1. The summed E-state index contributed by atoms with van der Waals surface area (Å²) in [5.74, 6) is 1.55. The predicted molar refractivity (Wildman–Crippen MR) is 114 cm³/mol. The van der Waals surface area contributed by atoms with Gasteiger partial charge in [0.15, 0.2) is 0 Å². The number of thiophene rings is 1. The number of hydrogen-bond acceptors (Lipinski definition) is 5. The third kappa shape index (κ3) is 3.15. The van der Waals surface area contributed by atoms with E-state index in [0.29, 0.717) is 5.91 Å². The maximum Gasteiger partial charge on any atom is 0.225 e. The maximum atomic E-state index is 12.7. The normalized spacial score (nSPS) is 18.1. The van der Waals surface area contributed by atoms with Gasteiger partial charge in [-0.2, -0.15) is 0 Å². The summed E-state index contributed by atoms with van der Waals surface area (Å²) in [7, 11) is 0. The summed E-state index contributed by atoms with van der Waals surface area (Å²) >= 11 is 1.67. The van der Waals surface area contributed by atoms with E-state index < -0.39 is 0 Å². The molecule has 2 saturated heterocycles. The number of carbonyl (C=O) groups is 1. The highest BCUT2D eigenvalue weighted by atomic mass is 32.1. The number of fused-ring (bicyclic) bond motifs is 1. The van der Waals surface area contributed by atoms with Crippen molar-refractivity contribution >= 4 is 33.3 Å². The van der Waals surface area contributed by atoms with Gasteiger partial charge in [0.25, 0.3) is 0 Å². The van der Waals surface area contributed by atoms with Gasteiger partial charge in [0.05, 0.1) is 5.39 Å². The number of likely N-dealkylation sites (tertiary alicyclic amines) is 1. The second-order valence-corrected chi connectivity index (χ2v) is 8.54. The van der Waals surface area contributed by atoms with Crippen molar-refractivity contribution in [2.45, 2.75) is 25.7 Å². The van der Waals surface area contributed by atoms with Crippen LogP contribution in [-0.4, -0.2) is 47.0 Å². The summed E-state index contributed by atoms with van der Waals surface area (Å²) in [4.78, 5) is 27.3. The molecule has 4 heterocycles. The van der Waals surface area contributed by atoms with Crippen LogP contribution in [0, 0.1) is 5.92 Å². The Kier molecular flexibility index (Phi) is 4.72. The molecule has 0 spiro atoms. The topological polar surface area (TPSA) is 49.3 Å². The second-order valence-electron chi connectivity index (χ2n) is 7.69. The lowest BCUT2D eigenvalue weighted by molar-refractivity contribution is -0.135. The van der Waals surface area contributed by atoms with Gasteiger partial charge in [0.2, 0.25) is 5.91 Å². The van der Waals surface area contributed by atoms with Gasteiger partial charge < -0.3 is 9.80 Å². The van der Waals surface area contributed by atoms with E-state index in [1.54, 1.807) is 17.7 Å². The number of piperidine rings is 1. The van der Waals surface area contributed by atoms with Crippen LogP contribution in [0.3, 0.4) is 0 Å². The lowest BCUT2D eigenvalue weighted by Crippen LogP contribution is -2.42. The lowest BCUT2D eigenvalue weighted by Gasteiger charge is -2.34.